The predicted molar refractivity (Wildman–Crippen MR) is 108 cm³/mol. The molecule has 2 aromatic rings. The summed E-state index contributed by atoms with van der Waals surface area (Å²) in [6, 6.07) is 11.6. The van der Waals surface area contributed by atoms with Crippen LogP contribution in [0.2, 0.25) is 0 Å². The summed E-state index contributed by atoms with van der Waals surface area (Å²) in [6.45, 7) is 7.04. The lowest BCUT2D eigenvalue weighted by atomic mass is 9.88. The minimum absolute atomic E-state index is 0.101. The van der Waals surface area contributed by atoms with Gasteiger partial charge in [-0.3, -0.25) is 19.9 Å². The third-order valence-electron chi connectivity index (χ3n) is 4.14. The summed E-state index contributed by atoms with van der Waals surface area (Å²) in [5, 5.41) is 1.90. The van der Waals surface area contributed by atoms with E-state index >= 15 is 0 Å². The zero-order valence-corrected chi connectivity index (χ0v) is 16.4. The maximum absolute atomic E-state index is 11.6. The Labute approximate surface area is 163 Å². The van der Waals surface area contributed by atoms with E-state index in [2.05, 4.69) is 37.1 Å². The topological polar surface area (TPSA) is 68.3 Å². The molecule has 1 aliphatic heterocycles. The van der Waals surface area contributed by atoms with Crippen molar-refractivity contribution in [2.75, 3.05) is 6.61 Å². The molecular weight excluding hydrogens is 360 g/mol. The number of nitrogens with one attached hydrogen (secondary N) is 1. The Balaban J connectivity index is 1.52. The first-order chi connectivity index (χ1) is 12.8. The average molecular weight is 382 g/mol. The Kier molecular flexibility index (Phi) is 5.65. The maximum Gasteiger partial charge on any atom is 0.290 e. The summed E-state index contributed by atoms with van der Waals surface area (Å²) in [4.78, 5) is 27.6. The van der Waals surface area contributed by atoms with Gasteiger partial charge >= 0.3 is 0 Å². The second-order valence-electron chi connectivity index (χ2n) is 7.31. The van der Waals surface area contributed by atoms with Crippen LogP contribution in [0.1, 0.15) is 37.6 Å². The van der Waals surface area contributed by atoms with Gasteiger partial charge in [0.05, 0.1) is 11.5 Å². The molecule has 1 saturated heterocycles. The second kappa shape index (κ2) is 7.96. The summed E-state index contributed by atoms with van der Waals surface area (Å²) in [6.07, 6.45) is 4.35. The van der Waals surface area contributed by atoms with E-state index in [0.29, 0.717) is 11.5 Å². The van der Waals surface area contributed by atoms with E-state index in [-0.39, 0.29) is 16.6 Å². The first-order valence-corrected chi connectivity index (χ1v) is 9.56. The van der Waals surface area contributed by atoms with E-state index in [4.69, 9.17) is 4.74 Å². The van der Waals surface area contributed by atoms with Gasteiger partial charge in [-0.15, -0.1) is 0 Å². The van der Waals surface area contributed by atoms with Crippen LogP contribution in [0.3, 0.4) is 0 Å². The van der Waals surface area contributed by atoms with Gasteiger partial charge in [-0.25, -0.2) is 0 Å². The van der Waals surface area contributed by atoms with Gasteiger partial charge in [-0.05, 0) is 52.6 Å². The van der Waals surface area contributed by atoms with Gasteiger partial charge in [-0.1, -0.05) is 39.0 Å². The number of hydrogen-bond acceptors (Lipinski definition) is 5. The number of ether oxygens (including phenoxy) is 1. The first kappa shape index (κ1) is 19.2. The summed E-state index contributed by atoms with van der Waals surface area (Å²) in [7, 11) is 0. The van der Waals surface area contributed by atoms with Gasteiger partial charge in [-0.2, -0.15) is 0 Å². The largest absolute Gasteiger partial charge is 0.493 e. The Morgan fingerprint density at radius 3 is 2.41 bits per heavy atom. The minimum atomic E-state index is -0.352. The number of rotatable bonds is 5. The van der Waals surface area contributed by atoms with Crippen molar-refractivity contribution < 1.29 is 14.3 Å². The highest BCUT2D eigenvalue weighted by atomic mass is 32.2. The number of aromatic nitrogens is 1. The number of carbonyl (C=O) groups is 2. The Morgan fingerprint density at radius 1 is 1.11 bits per heavy atom. The SMILES string of the molecule is CC(C)(C)c1ccc(CCOc2ccc(C=C3SC(=O)NC3=O)cc2)nc1. The van der Waals surface area contributed by atoms with Crippen LogP contribution >= 0.6 is 11.8 Å². The fourth-order valence-corrected chi connectivity index (χ4v) is 3.20. The van der Waals surface area contributed by atoms with E-state index in [0.717, 1.165) is 35.2 Å². The quantitative estimate of drug-likeness (QED) is 0.780. The van der Waals surface area contributed by atoms with Crippen LogP contribution < -0.4 is 10.1 Å². The fourth-order valence-electron chi connectivity index (χ4n) is 2.52. The van der Waals surface area contributed by atoms with Crippen molar-refractivity contribution in [2.45, 2.75) is 32.6 Å². The molecule has 0 bridgehead atoms. The molecule has 140 valence electrons. The van der Waals surface area contributed by atoms with Crippen molar-refractivity contribution in [2.24, 2.45) is 0 Å². The zero-order valence-electron chi connectivity index (χ0n) is 15.6. The number of pyridine rings is 1. The maximum atomic E-state index is 11.6. The molecule has 1 N–H and O–H groups in total. The molecule has 3 rings (SSSR count). The average Bonchev–Trinajstić information content (AvgIpc) is 2.93. The van der Waals surface area contributed by atoms with Crippen LogP contribution in [0.4, 0.5) is 4.79 Å². The monoisotopic (exact) mass is 382 g/mol. The normalized spacial score (nSPS) is 15.9. The highest BCUT2D eigenvalue weighted by Gasteiger charge is 2.24. The van der Waals surface area contributed by atoms with Crippen molar-refractivity contribution >= 4 is 29.0 Å². The molecule has 0 unspecified atom stereocenters. The molecule has 0 atom stereocenters. The van der Waals surface area contributed by atoms with E-state index in [9.17, 15) is 9.59 Å². The van der Waals surface area contributed by atoms with E-state index in [1.165, 1.54) is 5.56 Å². The van der Waals surface area contributed by atoms with Crippen molar-refractivity contribution in [3.8, 4) is 5.75 Å². The van der Waals surface area contributed by atoms with Crippen LogP contribution in [0.5, 0.6) is 5.75 Å². The molecule has 1 aromatic heterocycles. The van der Waals surface area contributed by atoms with Crippen LogP contribution in [0.15, 0.2) is 47.5 Å². The molecule has 0 spiro atoms. The van der Waals surface area contributed by atoms with Crippen molar-refractivity contribution in [1.82, 2.24) is 10.3 Å². The van der Waals surface area contributed by atoms with Crippen molar-refractivity contribution in [3.05, 3.63) is 64.3 Å². The predicted octanol–water partition coefficient (Wildman–Crippen LogP) is 4.32. The minimum Gasteiger partial charge on any atom is -0.493 e. The lowest BCUT2D eigenvalue weighted by Crippen LogP contribution is -2.17. The Morgan fingerprint density at radius 2 is 1.85 bits per heavy atom. The van der Waals surface area contributed by atoms with E-state index in [1.807, 2.05) is 36.5 Å². The number of thioether (sulfide) groups is 1. The van der Waals surface area contributed by atoms with E-state index in [1.54, 1.807) is 6.08 Å². The number of imide groups is 1. The molecule has 1 fully saturated rings. The van der Waals surface area contributed by atoms with Crippen molar-refractivity contribution in [3.63, 3.8) is 0 Å². The smallest absolute Gasteiger partial charge is 0.290 e. The lowest BCUT2D eigenvalue weighted by Gasteiger charge is -2.18. The van der Waals surface area contributed by atoms with Crippen LogP contribution in [0, 0.1) is 0 Å². The van der Waals surface area contributed by atoms with Gasteiger partial charge < -0.3 is 4.74 Å². The van der Waals surface area contributed by atoms with Crippen molar-refractivity contribution in [1.29, 1.82) is 0 Å². The van der Waals surface area contributed by atoms with Gasteiger partial charge in [0.25, 0.3) is 11.1 Å². The molecule has 5 nitrogen and oxygen atoms in total. The number of amides is 2. The molecular formula is C21H22N2O3S. The summed E-state index contributed by atoms with van der Waals surface area (Å²) < 4.78 is 5.77. The second-order valence-corrected chi connectivity index (χ2v) is 8.32. The Bertz CT molecular complexity index is 866. The molecule has 0 aliphatic carbocycles. The molecule has 1 aromatic carbocycles. The third kappa shape index (κ3) is 5.20. The molecule has 2 heterocycles. The van der Waals surface area contributed by atoms with E-state index < -0.39 is 0 Å². The number of hydrogen-bond donors (Lipinski definition) is 1. The van der Waals surface area contributed by atoms with Gasteiger partial charge in [0.1, 0.15) is 5.75 Å². The number of carbonyl (C=O) groups excluding carboxylic acids is 2. The molecule has 0 radical (unpaired) electrons. The molecule has 6 heteroatoms. The number of nitrogens with zero attached hydrogens (tertiary/aromatic N) is 1. The molecule has 27 heavy (non-hydrogen) atoms. The molecule has 2 amide bonds. The third-order valence-corrected chi connectivity index (χ3v) is 4.95. The summed E-state index contributed by atoms with van der Waals surface area (Å²) in [5.41, 5.74) is 3.16. The molecule has 1 aliphatic rings. The van der Waals surface area contributed by atoms with Gasteiger partial charge in [0, 0.05) is 18.3 Å². The lowest BCUT2D eigenvalue weighted by molar-refractivity contribution is -0.115. The van der Waals surface area contributed by atoms with Crippen LogP contribution in [-0.2, 0) is 16.6 Å². The van der Waals surface area contributed by atoms with Crippen LogP contribution in [-0.4, -0.2) is 22.7 Å². The highest BCUT2D eigenvalue weighted by molar-refractivity contribution is 8.18. The first-order valence-electron chi connectivity index (χ1n) is 8.74. The number of benzene rings is 1. The summed E-state index contributed by atoms with van der Waals surface area (Å²) in [5.74, 6) is 0.401. The Hall–Kier alpha value is -2.60. The fraction of sp³-hybridized carbons (Fsp3) is 0.286. The zero-order chi connectivity index (χ0) is 19.4. The summed E-state index contributed by atoms with van der Waals surface area (Å²) >= 11 is 0.910. The standard InChI is InChI=1S/C21H22N2O3S/c1-21(2,3)15-6-7-16(22-13-15)10-11-26-17-8-4-14(5-9-17)12-18-19(24)23-20(25)27-18/h4-9,12-13H,10-11H2,1-3H3,(H,23,24,25). The van der Waals surface area contributed by atoms with Gasteiger partial charge in [0.15, 0.2) is 0 Å². The highest BCUT2D eigenvalue weighted by Crippen LogP contribution is 2.26. The van der Waals surface area contributed by atoms with Gasteiger partial charge in [0.2, 0.25) is 0 Å². The molecule has 0 saturated carbocycles. The van der Waals surface area contributed by atoms with Crippen LogP contribution in [0.25, 0.3) is 6.08 Å².